The Kier molecular flexibility index (Phi) is 5.93. The van der Waals surface area contributed by atoms with Crippen molar-refractivity contribution in [3.8, 4) is 16.3 Å². The van der Waals surface area contributed by atoms with Crippen molar-refractivity contribution < 1.29 is 9.53 Å². The van der Waals surface area contributed by atoms with Gasteiger partial charge >= 0.3 is 0 Å². The summed E-state index contributed by atoms with van der Waals surface area (Å²) >= 11 is 7.48. The molecule has 2 aromatic carbocycles. The lowest BCUT2D eigenvalue weighted by Crippen LogP contribution is -2.39. The van der Waals surface area contributed by atoms with Crippen LogP contribution in [-0.2, 0) is 6.42 Å². The number of halogens is 1. The lowest BCUT2D eigenvalue weighted by atomic mass is 10.1. The zero-order valence-corrected chi connectivity index (χ0v) is 20.6. The van der Waals surface area contributed by atoms with Gasteiger partial charge in [-0.05, 0) is 50.2 Å². The Balaban J connectivity index is 1.21. The topological polar surface area (TPSA) is 48.9 Å². The molecule has 1 saturated heterocycles. The number of ether oxygens (including phenoxy) is 1. The highest BCUT2D eigenvalue weighted by molar-refractivity contribution is 7.17. The molecule has 6 nitrogen and oxygen atoms in total. The number of aromatic nitrogens is 1. The first-order chi connectivity index (χ1) is 16.7. The van der Waals surface area contributed by atoms with Crippen LogP contribution >= 0.6 is 22.9 Å². The van der Waals surface area contributed by atoms with Crippen LogP contribution in [0.5, 0.6) is 5.75 Å². The second kappa shape index (κ2) is 9.21. The van der Waals surface area contributed by atoms with Gasteiger partial charge in [0.1, 0.15) is 22.2 Å². The highest BCUT2D eigenvalue weighted by Crippen LogP contribution is 2.38. The van der Waals surface area contributed by atoms with E-state index in [0.29, 0.717) is 18.2 Å². The molecule has 0 unspecified atom stereocenters. The number of carbonyl (C=O) groups is 1. The minimum atomic E-state index is 0.0145. The number of fused-ring (bicyclic) bond motifs is 2. The normalized spacial score (nSPS) is 18.1. The van der Waals surface area contributed by atoms with E-state index in [1.165, 1.54) is 37.3 Å². The maximum absolute atomic E-state index is 13.4. The number of rotatable bonds is 5. The molecule has 6 rings (SSSR count). The van der Waals surface area contributed by atoms with Crippen LogP contribution in [0.1, 0.15) is 28.2 Å². The molecular weight excluding hydrogens is 468 g/mol. The smallest absolute Gasteiger partial charge is 0.270 e. The van der Waals surface area contributed by atoms with E-state index in [9.17, 15) is 4.79 Å². The van der Waals surface area contributed by atoms with Crippen molar-refractivity contribution in [3.63, 3.8) is 0 Å². The molecule has 3 aliphatic rings. The predicted molar refractivity (Wildman–Crippen MR) is 138 cm³/mol. The molecule has 1 amide bonds. The summed E-state index contributed by atoms with van der Waals surface area (Å²) in [7, 11) is 0. The summed E-state index contributed by atoms with van der Waals surface area (Å²) in [5.74, 6) is 0.885. The Hall–Kier alpha value is -2.61. The summed E-state index contributed by atoms with van der Waals surface area (Å²) in [5, 5.41) is 1.55. The molecule has 1 fully saturated rings. The first-order valence-corrected chi connectivity index (χ1v) is 13.2. The van der Waals surface area contributed by atoms with Gasteiger partial charge in [-0.25, -0.2) is 4.98 Å². The first-order valence-electron chi connectivity index (χ1n) is 12.0. The third-order valence-corrected chi connectivity index (χ3v) is 8.29. The minimum absolute atomic E-state index is 0.0145. The second-order valence-electron chi connectivity index (χ2n) is 9.04. The Bertz CT molecular complexity index is 1210. The summed E-state index contributed by atoms with van der Waals surface area (Å²) in [6.07, 6.45) is 3.37. The summed E-state index contributed by atoms with van der Waals surface area (Å²) in [6.45, 7) is 6.73. The molecule has 3 aromatic rings. The maximum atomic E-state index is 13.4. The molecule has 0 saturated carbocycles. The predicted octanol–water partition coefficient (Wildman–Crippen LogP) is 4.96. The number of nitrogens with zero attached hydrogens (tertiary/aromatic N) is 4. The lowest BCUT2D eigenvalue weighted by molar-refractivity contribution is 0.0984. The van der Waals surface area contributed by atoms with Crippen LogP contribution in [0.2, 0.25) is 5.02 Å². The highest BCUT2D eigenvalue weighted by Gasteiger charge is 2.31. The van der Waals surface area contributed by atoms with Crippen LogP contribution in [0.4, 0.5) is 11.4 Å². The van der Waals surface area contributed by atoms with E-state index in [-0.39, 0.29) is 5.91 Å². The van der Waals surface area contributed by atoms with Crippen molar-refractivity contribution >= 4 is 40.2 Å². The molecule has 0 atom stereocenters. The fourth-order valence-corrected chi connectivity index (χ4v) is 6.22. The van der Waals surface area contributed by atoms with Gasteiger partial charge in [0.25, 0.3) is 5.91 Å². The Labute approximate surface area is 208 Å². The van der Waals surface area contributed by atoms with Gasteiger partial charge in [-0.3, -0.25) is 4.79 Å². The third kappa shape index (κ3) is 4.17. The van der Waals surface area contributed by atoms with Gasteiger partial charge in [0.15, 0.2) is 0 Å². The Morgan fingerprint density at radius 1 is 1.00 bits per heavy atom. The van der Waals surface area contributed by atoms with Crippen molar-refractivity contribution in [1.29, 1.82) is 0 Å². The van der Waals surface area contributed by atoms with Crippen LogP contribution in [0.15, 0.2) is 42.5 Å². The zero-order chi connectivity index (χ0) is 23.1. The summed E-state index contributed by atoms with van der Waals surface area (Å²) in [6, 6.07) is 13.8. The molecule has 0 N–H and O–H groups in total. The average Bonchev–Trinajstić information content (AvgIpc) is 3.54. The van der Waals surface area contributed by atoms with Crippen LogP contribution in [0.25, 0.3) is 10.6 Å². The minimum Gasteiger partial charge on any atom is -0.489 e. The highest BCUT2D eigenvalue weighted by atomic mass is 35.5. The van der Waals surface area contributed by atoms with Gasteiger partial charge < -0.3 is 19.4 Å². The number of hydrogen-bond donors (Lipinski definition) is 0. The van der Waals surface area contributed by atoms with Crippen molar-refractivity contribution in [2.24, 2.45) is 0 Å². The van der Waals surface area contributed by atoms with Crippen LogP contribution < -0.4 is 14.5 Å². The van der Waals surface area contributed by atoms with Crippen molar-refractivity contribution in [1.82, 2.24) is 9.88 Å². The van der Waals surface area contributed by atoms with E-state index in [1.54, 1.807) is 0 Å². The van der Waals surface area contributed by atoms with Gasteiger partial charge in [0.2, 0.25) is 0 Å². The molecule has 34 heavy (non-hydrogen) atoms. The molecule has 0 aliphatic carbocycles. The van der Waals surface area contributed by atoms with Gasteiger partial charge in [-0.1, -0.05) is 23.7 Å². The number of benzene rings is 2. The van der Waals surface area contributed by atoms with Gasteiger partial charge in [0.05, 0.1) is 17.9 Å². The fraction of sp³-hybridized carbons (Fsp3) is 0.385. The molecular formula is C26H27ClN4O2S. The maximum Gasteiger partial charge on any atom is 0.270 e. The zero-order valence-electron chi connectivity index (χ0n) is 19.0. The van der Waals surface area contributed by atoms with E-state index in [0.717, 1.165) is 64.3 Å². The van der Waals surface area contributed by atoms with E-state index >= 15 is 0 Å². The number of hydrogen-bond acceptors (Lipinski definition) is 6. The van der Waals surface area contributed by atoms with Gasteiger partial charge in [-0.15, -0.1) is 11.3 Å². The molecule has 0 bridgehead atoms. The molecule has 1 aromatic heterocycles. The summed E-state index contributed by atoms with van der Waals surface area (Å²) in [5.41, 5.74) is 3.89. The Morgan fingerprint density at radius 3 is 2.65 bits per heavy atom. The number of thiazole rings is 1. The lowest BCUT2D eigenvalue weighted by Gasteiger charge is -2.34. The van der Waals surface area contributed by atoms with Crippen molar-refractivity contribution in [2.75, 3.05) is 55.7 Å². The van der Waals surface area contributed by atoms with Crippen LogP contribution in [0.3, 0.4) is 0 Å². The van der Waals surface area contributed by atoms with E-state index in [2.05, 4.69) is 21.9 Å². The monoisotopic (exact) mass is 494 g/mol. The Morgan fingerprint density at radius 2 is 1.82 bits per heavy atom. The number of anilines is 2. The van der Waals surface area contributed by atoms with Crippen LogP contribution in [0, 0.1) is 0 Å². The summed E-state index contributed by atoms with van der Waals surface area (Å²) in [4.78, 5) is 25.7. The third-order valence-electron chi connectivity index (χ3n) is 6.90. The fourth-order valence-electron chi connectivity index (χ4n) is 5.03. The SMILES string of the molecule is O=C1c2sc(-c3ccc(Cl)cc3)nc2CCN1c1ccc2c(c1)OCCN2CCN1CCCC1. The van der Waals surface area contributed by atoms with Gasteiger partial charge in [-0.2, -0.15) is 0 Å². The van der Waals surface area contributed by atoms with Crippen molar-refractivity contribution in [3.05, 3.63) is 58.1 Å². The largest absolute Gasteiger partial charge is 0.489 e. The molecule has 176 valence electrons. The van der Waals surface area contributed by atoms with E-state index < -0.39 is 0 Å². The standard InChI is InChI=1S/C26H27ClN4O2S/c27-19-5-3-18(4-6-19)25-28-21-9-12-31(26(32)24(21)34-25)20-7-8-22-23(17-20)33-16-15-30(22)14-13-29-10-1-2-11-29/h3-8,17H,1-2,9-16H2. The number of likely N-dealkylation sites (tertiary alicyclic amines) is 1. The van der Waals surface area contributed by atoms with Crippen molar-refractivity contribution in [2.45, 2.75) is 19.3 Å². The molecule has 3 aliphatic heterocycles. The molecule has 0 spiro atoms. The second-order valence-corrected chi connectivity index (χ2v) is 10.5. The van der Waals surface area contributed by atoms with Crippen LogP contribution in [-0.4, -0.2) is 61.7 Å². The van der Waals surface area contributed by atoms with E-state index in [4.69, 9.17) is 21.3 Å². The van der Waals surface area contributed by atoms with Gasteiger partial charge in [0, 0.05) is 48.4 Å². The summed E-state index contributed by atoms with van der Waals surface area (Å²) < 4.78 is 6.02. The molecule has 8 heteroatoms. The molecule has 0 radical (unpaired) electrons. The van der Waals surface area contributed by atoms with E-state index in [1.807, 2.05) is 35.2 Å². The quantitative estimate of drug-likeness (QED) is 0.501. The molecule has 4 heterocycles. The number of amides is 1. The number of carbonyl (C=O) groups excluding carboxylic acids is 1. The first kappa shape index (κ1) is 21.9. The average molecular weight is 495 g/mol.